The van der Waals surface area contributed by atoms with Gasteiger partial charge < -0.3 is 16.4 Å². The summed E-state index contributed by atoms with van der Waals surface area (Å²) >= 11 is 1.90. The molecule has 0 spiro atoms. The summed E-state index contributed by atoms with van der Waals surface area (Å²) in [6.45, 7) is 1.29. The van der Waals surface area contributed by atoms with E-state index in [0.29, 0.717) is 21.5 Å². The average Bonchev–Trinajstić information content (AvgIpc) is 2.34. The van der Waals surface area contributed by atoms with E-state index in [0.717, 1.165) is 19.4 Å². The predicted octanol–water partition coefficient (Wildman–Crippen LogP) is 1.71. The molecule has 1 fully saturated rings. The van der Waals surface area contributed by atoms with E-state index in [2.05, 4.69) is 0 Å². The van der Waals surface area contributed by atoms with Crippen molar-refractivity contribution in [3.05, 3.63) is 21.5 Å². The number of benzene rings is 1. The Morgan fingerprint density at radius 2 is 2.22 bits per heavy atom. The van der Waals surface area contributed by atoms with Crippen LogP contribution in [0.3, 0.4) is 0 Å². The molecular formula is C12H15FIN3O. The average molecular weight is 363 g/mol. The van der Waals surface area contributed by atoms with Gasteiger partial charge in [0.15, 0.2) is 0 Å². The van der Waals surface area contributed by atoms with Gasteiger partial charge in [-0.3, -0.25) is 4.79 Å². The van der Waals surface area contributed by atoms with Crippen LogP contribution in [0, 0.1) is 15.3 Å². The number of nitrogens with two attached hydrogens (primary N) is 2. The number of carbonyl (C=O) groups is 1. The van der Waals surface area contributed by atoms with Crippen molar-refractivity contribution in [2.75, 3.05) is 23.7 Å². The van der Waals surface area contributed by atoms with Gasteiger partial charge in [0, 0.05) is 19.2 Å². The first kappa shape index (κ1) is 13.4. The smallest absolute Gasteiger partial charge is 0.222 e. The van der Waals surface area contributed by atoms with Crippen LogP contribution >= 0.6 is 22.6 Å². The van der Waals surface area contributed by atoms with Crippen molar-refractivity contribution in [2.24, 2.45) is 11.7 Å². The van der Waals surface area contributed by atoms with Crippen molar-refractivity contribution in [1.82, 2.24) is 0 Å². The summed E-state index contributed by atoms with van der Waals surface area (Å²) in [7, 11) is 0. The molecule has 6 heteroatoms. The van der Waals surface area contributed by atoms with Gasteiger partial charge in [-0.15, -0.1) is 0 Å². The highest BCUT2D eigenvalue weighted by Gasteiger charge is 2.25. The molecule has 1 heterocycles. The fourth-order valence-electron chi connectivity index (χ4n) is 2.25. The Kier molecular flexibility index (Phi) is 3.94. The molecule has 4 nitrogen and oxygen atoms in total. The first-order valence-electron chi connectivity index (χ1n) is 5.78. The minimum Gasteiger partial charge on any atom is -0.397 e. The number of rotatable bonds is 2. The highest BCUT2D eigenvalue weighted by molar-refractivity contribution is 14.1. The van der Waals surface area contributed by atoms with E-state index in [4.69, 9.17) is 11.5 Å². The molecule has 0 aromatic heterocycles. The number of carbonyl (C=O) groups excluding carboxylic acids is 1. The number of amides is 1. The second-order valence-electron chi connectivity index (χ2n) is 4.51. The molecule has 0 bridgehead atoms. The van der Waals surface area contributed by atoms with Crippen LogP contribution < -0.4 is 16.4 Å². The Hall–Kier alpha value is -1.05. The second kappa shape index (κ2) is 5.29. The van der Waals surface area contributed by atoms with E-state index in [1.807, 2.05) is 27.5 Å². The van der Waals surface area contributed by atoms with Gasteiger partial charge >= 0.3 is 0 Å². The van der Waals surface area contributed by atoms with E-state index in [-0.39, 0.29) is 17.6 Å². The number of hydrogen-bond acceptors (Lipinski definition) is 3. The lowest BCUT2D eigenvalue weighted by Crippen LogP contribution is -2.41. The van der Waals surface area contributed by atoms with Gasteiger partial charge in [0.05, 0.1) is 20.9 Å². The first-order chi connectivity index (χ1) is 8.49. The molecule has 1 amide bonds. The molecule has 2 rings (SSSR count). The Morgan fingerprint density at radius 3 is 2.89 bits per heavy atom. The van der Waals surface area contributed by atoms with E-state index < -0.39 is 0 Å². The number of nitrogens with zero attached hydrogens (tertiary/aromatic N) is 1. The normalized spacial score (nSPS) is 19.9. The minimum absolute atomic E-state index is 0.180. The van der Waals surface area contributed by atoms with Crippen LogP contribution in [0.5, 0.6) is 0 Å². The van der Waals surface area contributed by atoms with Gasteiger partial charge in [-0.25, -0.2) is 4.39 Å². The molecule has 1 aliphatic rings. The minimum atomic E-state index is -0.302. The molecule has 0 aliphatic carbocycles. The second-order valence-corrected chi connectivity index (χ2v) is 5.67. The maximum atomic E-state index is 13.6. The van der Waals surface area contributed by atoms with Gasteiger partial charge in [0.1, 0.15) is 5.82 Å². The number of halogens is 2. The summed E-state index contributed by atoms with van der Waals surface area (Å²) in [4.78, 5) is 13.2. The summed E-state index contributed by atoms with van der Waals surface area (Å²) in [5.41, 5.74) is 12.4. The molecule has 1 aromatic carbocycles. The Labute approximate surface area is 119 Å². The summed E-state index contributed by atoms with van der Waals surface area (Å²) in [6, 6.07) is 3.04. The van der Waals surface area contributed by atoms with E-state index in [9.17, 15) is 9.18 Å². The third-order valence-electron chi connectivity index (χ3n) is 3.23. The molecule has 1 atom stereocenters. The summed E-state index contributed by atoms with van der Waals surface area (Å²) in [6.07, 6.45) is 1.65. The van der Waals surface area contributed by atoms with Crippen molar-refractivity contribution in [1.29, 1.82) is 0 Å². The Balaban J connectivity index is 2.26. The van der Waals surface area contributed by atoms with Gasteiger partial charge in [0.2, 0.25) is 5.91 Å². The molecule has 0 radical (unpaired) electrons. The highest BCUT2D eigenvalue weighted by Crippen LogP contribution is 2.30. The van der Waals surface area contributed by atoms with Gasteiger partial charge in [0.25, 0.3) is 0 Å². The molecule has 1 unspecified atom stereocenters. The lowest BCUT2D eigenvalue weighted by atomic mass is 9.97. The zero-order chi connectivity index (χ0) is 13.3. The summed E-state index contributed by atoms with van der Waals surface area (Å²) in [5, 5.41) is 0. The van der Waals surface area contributed by atoms with Gasteiger partial charge in [-0.2, -0.15) is 0 Å². The van der Waals surface area contributed by atoms with Crippen LogP contribution in [0.15, 0.2) is 12.1 Å². The SMILES string of the molecule is NC(=O)C1CCCN(c2cc(F)c(I)cc2N)C1. The molecule has 0 saturated carbocycles. The molecule has 18 heavy (non-hydrogen) atoms. The fraction of sp³-hybridized carbons (Fsp3) is 0.417. The van der Waals surface area contributed by atoms with Crippen LogP contribution in [-0.2, 0) is 4.79 Å². The topological polar surface area (TPSA) is 72.4 Å². The highest BCUT2D eigenvalue weighted by atomic mass is 127. The van der Waals surface area contributed by atoms with Crippen molar-refractivity contribution < 1.29 is 9.18 Å². The molecule has 1 aliphatic heterocycles. The van der Waals surface area contributed by atoms with Crippen molar-refractivity contribution in [3.63, 3.8) is 0 Å². The summed E-state index contributed by atoms with van der Waals surface area (Å²) in [5.74, 6) is -0.772. The van der Waals surface area contributed by atoms with Crippen LogP contribution in [0.4, 0.5) is 15.8 Å². The van der Waals surface area contributed by atoms with Crippen molar-refractivity contribution in [3.8, 4) is 0 Å². The number of anilines is 2. The first-order valence-corrected chi connectivity index (χ1v) is 6.85. The largest absolute Gasteiger partial charge is 0.397 e. The van der Waals surface area contributed by atoms with Crippen molar-refractivity contribution >= 4 is 39.9 Å². The Morgan fingerprint density at radius 1 is 1.50 bits per heavy atom. The number of primary amides is 1. The predicted molar refractivity (Wildman–Crippen MR) is 77.7 cm³/mol. The van der Waals surface area contributed by atoms with Crippen LogP contribution in [0.25, 0.3) is 0 Å². The van der Waals surface area contributed by atoms with E-state index in [1.165, 1.54) is 6.07 Å². The maximum Gasteiger partial charge on any atom is 0.222 e. The lowest BCUT2D eigenvalue weighted by molar-refractivity contribution is -0.122. The molecule has 4 N–H and O–H groups in total. The lowest BCUT2D eigenvalue weighted by Gasteiger charge is -2.33. The quantitative estimate of drug-likeness (QED) is 0.621. The van der Waals surface area contributed by atoms with E-state index >= 15 is 0 Å². The fourth-order valence-corrected chi connectivity index (χ4v) is 2.74. The van der Waals surface area contributed by atoms with Gasteiger partial charge in [-0.05, 0) is 41.5 Å². The third kappa shape index (κ3) is 2.68. The van der Waals surface area contributed by atoms with Crippen LogP contribution in [0.1, 0.15) is 12.8 Å². The standard InChI is InChI=1S/C12H15FIN3O/c13-8-4-11(10(15)5-9(8)14)17-3-1-2-7(6-17)12(16)18/h4-5,7H,1-3,6,15H2,(H2,16,18). The third-order valence-corrected chi connectivity index (χ3v) is 4.06. The van der Waals surface area contributed by atoms with Crippen LogP contribution in [0.2, 0.25) is 0 Å². The maximum absolute atomic E-state index is 13.6. The number of piperidine rings is 1. The summed E-state index contributed by atoms with van der Waals surface area (Å²) < 4.78 is 14.1. The van der Waals surface area contributed by atoms with Gasteiger partial charge in [-0.1, -0.05) is 0 Å². The number of hydrogen-bond donors (Lipinski definition) is 2. The molecule has 1 aromatic rings. The Bertz CT molecular complexity index is 481. The monoisotopic (exact) mass is 363 g/mol. The van der Waals surface area contributed by atoms with E-state index in [1.54, 1.807) is 6.07 Å². The zero-order valence-electron chi connectivity index (χ0n) is 9.83. The van der Waals surface area contributed by atoms with Crippen LogP contribution in [-0.4, -0.2) is 19.0 Å². The molecular weight excluding hydrogens is 348 g/mol. The molecule has 1 saturated heterocycles. The van der Waals surface area contributed by atoms with Crippen molar-refractivity contribution in [2.45, 2.75) is 12.8 Å². The number of nitrogen functional groups attached to an aromatic ring is 1. The zero-order valence-corrected chi connectivity index (χ0v) is 12.0. The molecule has 98 valence electrons.